The van der Waals surface area contributed by atoms with Crippen LogP contribution in [0.5, 0.6) is 11.5 Å². The minimum Gasteiger partial charge on any atom is -0.504 e. The van der Waals surface area contributed by atoms with E-state index in [1.54, 1.807) is 6.07 Å². The topological polar surface area (TPSA) is 77.8 Å². The number of hydrogen-bond acceptors (Lipinski definition) is 4. The van der Waals surface area contributed by atoms with Crippen molar-refractivity contribution in [1.82, 2.24) is 0 Å². The largest absolute Gasteiger partial charge is 0.504 e. The summed E-state index contributed by atoms with van der Waals surface area (Å²) in [6.45, 7) is 1.30. The Morgan fingerprint density at radius 1 is 1.36 bits per heavy atom. The zero-order valence-electron chi connectivity index (χ0n) is 7.77. The maximum absolute atomic E-state index is 10.7. The summed E-state index contributed by atoms with van der Waals surface area (Å²) in [5.41, 5.74) is 0.600. The Bertz CT molecular complexity index is 346. The molecule has 0 unspecified atom stereocenters. The highest BCUT2D eigenvalue weighted by molar-refractivity contribution is 5.80. The quantitative estimate of drug-likeness (QED) is 0.618. The molecular weight excluding hydrogens is 184 g/mol. The third kappa shape index (κ3) is 2.47. The van der Waals surface area contributed by atoms with E-state index in [0.717, 1.165) is 0 Å². The molecule has 4 heteroatoms. The lowest BCUT2D eigenvalue weighted by Gasteiger charge is -2.07. The summed E-state index contributed by atoms with van der Waals surface area (Å²) in [7, 11) is 0. The third-order valence-electron chi connectivity index (χ3n) is 1.94. The Morgan fingerprint density at radius 2 is 2.00 bits per heavy atom. The number of ketones is 1. The Morgan fingerprint density at radius 3 is 2.50 bits per heavy atom. The van der Waals surface area contributed by atoms with Gasteiger partial charge >= 0.3 is 0 Å². The number of benzene rings is 1. The van der Waals surface area contributed by atoms with Crippen molar-refractivity contribution in [3.05, 3.63) is 23.8 Å². The Kier molecular flexibility index (Phi) is 3.09. The summed E-state index contributed by atoms with van der Waals surface area (Å²) in [4.78, 5) is 10.7. The van der Waals surface area contributed by atoms with Crippen LogP contribution in [-0.4, -0.2) is 27.2 Å². The molecule has 0 saturated heterocycles. The first-order valence-electron chi connectivity index (χ1n) is 4.20. The molecular formula is C10H12O4. The van der Waals surface area contributed by atoms with Crippen LogP contribution in [0, 0.1) is 0 Å². The minimum absolute atomic E-state index is 0.142. The standard InChI is InChI=1S/C10H12O4/c1-6(11)9(13)4-7-2-3-8(12)10(14)5-7/h2-3,5,9,12-14H,4H2,1H3/t9-/m0/s1. The molecule has 0 aliphatic heterocycles. The van der Waals surface area contributed by atoms with Crippen molar-refractivity contribution in [2.24, 2.45) is 0 Å². The first kappa shape index (κ1) is 10.5. The molecule has 0 spiro atoms. The van der Waals surface area contributed by atoms with Gasteiger partial charge in [-0.2, -0.15) is 0 Å². The van der Waals surface area contributed by atoms with Crippen LogP contribution < -0.4 is 0 Å². The highest BCUT2D eigenvalue weighted by Gasteiger charge is 2.11. The van der Waals surface area contributed by atoms with Gasteiger partial charge in [0.15, 0.2) is 17.3 Å². The van der Waals surface area contributed by atoms with Gasteiger partial charge in [0.1, 0.15) is 6.10 Å². The van der Waals surface area contributed by atoms with Crippen molar-refractivity contribution < 1.29 is 20.1 Å². The second-order valence-electron chi connectivity index (χ2n) is 3.15. The van der Waals surface area contributed by atoms with Crippen LogP contribution in [-0.2, 0) is 11.2 Å². The van der Waals surface area contributed by atoms with Gasteiger partial charge in [0, 0.05) is 6.42 Å². The van der Waals surface area contributed by atoms with E-state index in [9.17, 15) is 9.90 Å². The normalized spacial score (nSPS) is 12.4. The number of aromatic hydroxyl groups is 2. The molecule has 4 nitrogen and oxygen atoms in total. The first-order valence-corrected chi connectivity index (χ1v) is 4.20. The van der Waals surface area contributed by atoms with Gasteiger partial charge in [-0.3, -0.25) is 4.79 Å². The maximum atomic E-state index is 10.7. The summed E-state index contributed by atoms with van der Waals surface area (Å²) in [6.07, 6.45) is -0.914. The number of Topliss-reactive ketones (excluding diaryl/α,β-unsaturated/α-hetero) is 1. The third-order valence-corrected chi connectivity index (χ3v) is 1.94. The summed E-state index contributed by atoms with van der Waals surface area (Å²) >= 11 is 0. The average Bonchev–Trinajstić information content (AvgIpc) is 2.11. The Labute approximate surface area is 81.4 Å². The van der Waals surface area contributed by atoms with Crippen LogP contribution in [0.15, 0.2) is 18.2 Å². The van der Waals surface area contributed by atoms with E-state index in [0.29, 0.717) is 5.56 Å². The van der Waals surface area contributed by atoms with Gasteiger partial charge in [-0.25, -0.2) is 0 Å². The van der Waals surface area contributed by atoms with Gasteiger partial charge in [0.25, 0.3) is 0 Å². The van der Waals surface area contributed by atoms with Crippen molar-refractivity contribution in [1.29, 1.82) is 0 Å². The molecule has 3 N–H and O–H groups in total. The maximum Gasteiger partial charge on any atom is 0.158 e. The first-order chi connectivity index (χ1) is 6.50. The number of carbonyl (C=O) groups excluding carboxylic acids is 1. The number of hydrogen-bond donors (Lipinski definition) is 3. The molecule has 0 aliphatic rings. The lowest BCUT2D eigenvalue weighted by molar-refractivity contribution is -0.124. The number of phenols is 2. The van der Waals surface area contributed by atoms with Gasteiger partial charge in [0.05, 0.1) is 0 Å². The monoisotopic (exact) mass is 196 g/mol. The minimum atomic E-state index is -1.06. The lowest BCUT2D eigenvalue weighted by atomic mass is 10.1. The molecule has 1 aromatic carbocycles. The molecule has 0 heterocycles. The van der Waals surface area contributed by atoms with Gasteiger partial charge in [-0.1, -0.05) is 6.07 Å². The summed E-state index contributed by atoms with van der Waals surface area (Å²) in [6, 6.07) is 4.18. The SMILES string of the molecule is CC(=O)[C@@H](O)Cc1ccc(O)c(O)c1. The molecule has 0 aromatic heterocycles. The van der Waals surface area contributed by atoms with Crippen LogP contribution in [0.4, 0.5) is 0 Å². The van der Waals surface area contributed by atoms with Crippen LogP contribution in [0.2, 0.25) is 0 Å². The second-order valence-corrected chi connectivity index (χ2v) is 3.15. The van der Waals surface area contributed by atoms with Crippen LogP contribution in [0.3, 0.4) is 0 Å². The molecule has 0 saturated carbocycles. The second kappa shape index (κ2) is 4.11. The number of aliphatic hydroxyl groups is 1. The number of phenolic OH excluding ortho intramolecular Hbond substituents is 2. The van der Waals surface area contributed by atoms with Crippen molar-refractivity contribution >= 4 is 5.78 Å². The number of carbonyl (C=O) groups is 1. The van der Waals surface area contributed by atoms with E-state index in [1.165, 1.54) is 19.1 Å². The smallest absolute Gasteiger partial charge is 0.158 e. The number of aliphatic hydroxyl groups excluding tert-OH is 1. The molecule has 0 radical (unpaired) electrons. The van der Waals surface area contributed by atoms with Crippen LogP contribution >= 0.6 is 0 Å². The van der Waals surface area contributed by atoms with E-state index < -0.39 is 6.10 Å². The highest BCUT2D eigenvalue weighted by Crippen LogP contribution is 2.25. The van der Waals surface area contributed by atoms with Crippen molar-refractivity contribution in [2.75, 3.05) is 0 Å². The van der Waals surface area contributed by atoms with Gasteiger partial charge in [0.2, 0.25) is 0 Å². The average molecular weight is 196 g/mol. The van der Waals surface area contributed by atoms with E-state index in [-0.39, 0.29) is 23.7 Å². The molecule has 1 atom stereocenters. The zero-order chi connectivity index (χ0) is 10.7. The van der Waals surface area contributed by atoms with Crippen molar-refractivity contribution in [3.8, 4) is 11.5 Å². The van der Waals surface area contributed by atoms with Crippen LogP contribution in [0.1, 0.15) is 12.5 Å². The fourth-order valence-corrected chi connectivity index (χ4v) is 1.06. The lowest BCUT2D eigenvalue weighted by Crippen LogP contribution is -2.19. The van der Waals surface area contributed by atoms with E-state index >= 15 is 0 Å². The molecule has 1 rings (SSSR count). The van der Waals surface area contributed by atoms with E-state index in [2.05, 4.69) is 0 Å². The summed E-state index contributed by atoms with van der Waals surface area (Å²) in [5.74, 6) is -0.790. The molecule has 0 amide bonds. The van der Waals surface area contributed by atoms with Crippen molar-refractivity contribution in [3.63, 3.8) is 0 Å². The predicted octanol–water partition coefficient (Wildman–Crippen LogP) is 0.590. The van der Waals surface area contributed by atoms with E-state index in [4.69, 9.17) is 10.2 Å². The number of rotatable bonds is 3. The molecule has 76 valence electrons. The summed E-state index contributed by atoms with van der Waals surface area (Å²) < 4.78 is 0. The van der Waals surface area contributed by atoms with Crippen LogP contribution in [0.25, 0.3) is 0 Å². The Hall–Kier alpha value is -1.55. The fraction of sp³-hybridized carbons (Fsp3) is 0.300. The molecule has 14 heavy (non-hydrogen) atoms. The zero-order valence-corrected chi connectivity index (χ0v) is 7.77. The van der Waals surface area contributed by atoms with Gasteiger partial charge in [-0.05, 0) is 24.6 Å². The molecule has 0 aliphatic carbocycles. The molecule has 0 bridgehead atoms. The predicted molar refractivity (Wildman–Crippen MR) is 50.2 cm³/mol. The van der Waals surface area contributed by atoms with Gasteiger partial charge < -0.3 is 15.3 Å². The Balaban J connectivity index is 2.78. The van der Waals surface area contributed by atoms with Gasteiger partial charge in [-0.15, -0.1) is 0 Å². The molecule has 1 aromatic rings. The highest BCUT2D eigenvalue weighted by atomic mass is 16.3. The molecule has 0 fully saturated rings. The van der Waals surface area contributed by atoms with Crippen molar-refractivity contribution in [2.45, 2.75) is 19.4 Å². The summed E-state index contributed by atoms with van der Waals surface area (Å²) in [5, 5.41) is 27.4. The fourth-order valence-electron chi connectivity index (χ4n) is 1.06. The van der Waals surface area contributed by atoms with E-state index in [1.807, 2.05) is 0 Å².